The number of methoxy groups -OCH3 is 3. The normalized spacial score (nSPS) is 11.6. The van der Waals surface area contributed by atoms with Crippen LogP contribution < -0.4 is 10.1 Å². The second-order valence-electron chi connectivity index (χ2n) is 3.99. The Bertz CT molecular complexity index is 447. The van der Waals surface area contributed by atoms with Crippen LogP contribution in [0.3, 0.4) is 0 Å². The highest BCUT2D eigenvalue weighted by Gasteiger charge is 2.22. The summed E-state index contributed by atoms with van der Waals surface area (Å²) in [6.45, 7) is -0.117. The second kappa shape index (κ2) is 8.11. The number of pyridine rings is 1. The minimum atomic E-state index is -0.780. The van der Waals surface area contributed by atoms with E-state index in [0.29, 0.717) is 5.88 Å². The van der Waals surface area contributed by atoms with Crippen molar-refractivity contribution in [3.05, 3.63) is 23.9 Å². The van der Waals surface area contributed by atoms with Crippen LogP contribution in [0, 0.1) is 0 Å². The first kappa shape index (κ1) is 15.9. The lowest BCUT2D eigenvalue weighted by atomic mass is 10.1. The van der Waals surface area contributed by atoms with E-state index in [2.05, 4.69) is 15.0 Å². The maximum atomic E-state index is 11.7. The number of amides is 1. The zero-order valence-corrected chi connectivity index (χ0v) is 11.7. The van der Waals surface area contributed by atoms with E-state index >= 15 is 0 Å². The van der Waals surface area contributed by atoms with E-state index < -0.39 is 12.0 Å². The molecule has 0 unspecified atom stereocenters. The molecule has 0 aliphatic rings. The van der Waals surface area contributed by atoms with Crippen molar-refractivity contribution in [2.45, 2.75) is 12.5 Å². The fraction of sp³-hybridized carbons (Fsp3) is 0.462. The van der Waals surface area contributed by atoms with Gasteiger partial charge in [-0.15, -0.1) is 0 Å². The molecule has 1 heterocycles. The van der Waals surface area contributed by atoms with Gasteiger partial charge in [0, 0.05) is 25.8 Å². The summed E-state index contributed by atoms with van der Waals surface area (Å²) < 4.78 is 14.3. The van der Waals surface area contributed by atoms with Gasteiger partial charge in [-0.25, -0.2) is 9.78 Å². The summed E-state index contributed by atoms with van der Waals surface area (Å²) in [5.74, 6) is -0.429. The molecule has 1 atom stereocenters. The minimum absolute atomic E-state index is 0.117. The van der Waals surface area contributed by atoms with Crippen LogP contribution in [0.1, 0.15) is 5.56 Å². The van der Waals surface area contributed by atoms with Crippen molar-refractivity contribution in [3.63, 3.8) is 0 Å². The Hall–Kier alpha value is -2.15. The first-order chi connectivity index (χ1) is 9.60. The number of esters is 1. The monoisotopic (exact) mass is 282 g/mol. The van der Waals surface area contributed by atoms with Gasteiger partial charge in [0.15, 0.2) is 0 Å². The van der Waals surface area contributed by atoms with Gasteiger partial charge in [-0.3, -0.25) is 4.79 Å². The zero-order valence-electron chi connectivity index (χ0n) is 11.7. The lowest BCUT2D eigenvalue weighted by molar-refractivity contribution is -0.145. The van der Waals surface area contributed by atoms with Crippen molar-refractivity contribution in [3.8, 4) is 5.88 Å². The van der Waals surface area contributed by atoms with E-state index in [9.17, 15) is 9.59 Å². The van der Waals surface area contributed by atoms with Crippen LogP contribution in [0.2, 0.25) is 0 Å². The van der Waals surface area contributed by atoms with E-state index in [1.807, 2.05) is 0 Å². The number of carbonyl (C=O) groups excluding carboxylic acids is 2. The average Bonchev–Trinajstić information content (AvgIpc) is 2.46. The van der Waals surface area contributed by atoms with Crippen LogP contribution in [0.25, 0.3) is 0 Å². The molecule has 0 aromatic carbocycles. The molecule has 7 nitrogen and oxygen atoms in total. The summed E-state index contributed by atoms with van der Waals surface area (Å²) in [7, 11) is 4.19. The number of ether oxygens (including phenoxy) is 3. The molecule has 1 aromatic heterocycles. The van der Waals surface area contributed by atoms with Crippen molar-refractivity contribution in [2.24, 2.45) is 0 Å². The van der Waals surface area contributed by atoms with E-state index in [1.54, 1.807) is 18.3 Å². The van der Waals surface area contributed by atoms with Gasteiger partial charge in [-0.05, 0) is 5.56 Å². The number of nitrogens with one attached hydrogen (secondary N) is 1. The molecule has 0 bridgehead atoms. The van der Waals surface area contributed by atoms with Gasteiger partial charge in [0.2, 0.25) is 11.8 Å². The molecular weight excluding hydrogens is 264 g/mol. The van der Waals surface area contributed by atoms with Crippen molar-refractivity contribution < 1.29 is 23.8 Å². The molecule has 1 N–H and O–H groups in total. The highest BCUT2D eigenvalue weighted by molar-refractivity contribution is 5.85. The number of aromatic nitrogens is 1. The maximum Gasteiger partial charge on any atom is 0.328 e. The summed E-state index contributed by atoms with van der Waals surface area (Å²) in [5, 5.41) is 2.55. The smallest absolute Gasteiger partial charge is 0.328 e. The van der Waals surface area contributed by atoms with Gasteiger partial charge in [-0.1, -0.05) is 6.07 Å². The van der Waals surface area contributed by atoms with Crippen LogP contribution in [0.4, 0.5) is 0 Å². The Morgan fingerprint density at radius 2 is 2.05 bits per heavy atom. The summed E-state index contributed by atoms with van der Waals surface area (Å²) >= 11 is 0. The van der Waals surface area contributed by atoms with Crippen LogP contribution in [0.5, 0.6) is 5.88 Å². The molecule has 0 fully saturated rings. The molecule has 1 rings (SSSR count). The van der Waals surface area contributed by atoms with E-state index in [0.717, 1.165) is 5.56 Å². The highest BCUT2D eigenvalue weighted by Crippen LogP contribution is 2.09. The molecule has 1 aromatic rings. The van der Waals surface area contributed by atoms with Gasteiger partial charge in [-0.2, -0.15) is 0 Å². The quantitative estimate of drug-likeness (QED) is 0.705. The Kier molecular flexibility index (Phi) is 6.45. The number of nitrogens with zero attached hydrogens (tertiary/aromatic N) is 1. The van der Waals surface area contributed by atoms with Gasteiger partial charge in [0.25, 0.3) is 0 Å². The third kappa shape index (κ3) is 4.85. The second-order valence-corrected chi connectivity index (χ2v) is 3.99. The van der Waals surface area contributed by atoms with Gasteiger partial charge < -0.3 is 19.5 Å². The third-order valence-corrected chi connectivity index (χ3v) is 2.54. The molecule has 0 spiro atoms. The minimum Gasteiger partial charge on any atom is -0.481 e. The van der Waals surface area contributed by atoms with E-state index in [-0.39, 0.29) is 18.9 Å². The van der Waals surface area contributed by atoms with Crippen molar-refractivity contribution in [2.75, 3.05) is 27.9 Å². The largest absolute Gasteiger partial charge is 0.481 e. The predicted octanol–water partition coefficient (Wildman–Crippen LogP) is -0.0631. The third-order valence-electron chi connectivity index (χ3n) is 2.54. The molecule has 0 aliphatic carbocycles. The lowest BCUT2D eigenvalue weighted by Gasteiger charge is -2.16. The summed E-state index contributed by atoms with van der Waals surface area (Å²) in [4.78, 5) is 27.2. The number of hydrogen-bond acceptors (Lipinski definition) is 6. The van der Waals surface area contributed by atoms with Crippen molar-refractivity contribution >= 4 is 11.9 Å². The number of rotatable bonds is 7. The fourth-order valence-corrected chi connectivity index (χ4v) is 1.59. The number of hydrogen-bond donors (Lipinski definition) is 1. The van der Waals surface area contributed by atoms with Gasteiger partial charge in [0.05, 0.1) is 14.2 Å². The molecule has 20 heavy (non-hydrogen) atoms. The zero-order chi connectivity index (χ0) is 15.0. The van der Waals surface area contributed by atoms with Crippen molar-refractivity contribution in [1.82, 2.24) is 10.3 Å². The molecule has 110 valence electrons. The summed E-state index contributed by atoms with van der Waals surface area (Å²) in [6.07, 6.45) is 1.86. The molecule has 1 amide bonds. The topological polar surface area (TPSA) is 86.8 Å². The Morgan fingerprint density at radius 1 is 1.30 bits per heavy atom. The fourth-order valence-electron chi connectivity index (χ4n) is 1.59. The van der Waals surface area contributed by atoms with Gasteiger partial charge >= 0.3 is 5.97 Å². The van der Waals surface area contributed by atoms with Crippen LogP contribution in [-0.4, -0.2) is 50.8 Å². The van der Waals surface area contributed by atoms with Crippen molar-refractivity contribution in [1.29, 1.82) is 0 Å². The average molecular weight is 282 g/mol. The Labute approximate surface area is 117 Å². The SMILES string of the molecule is COCC(=O)N[C@H](Cc1ccc(OC)nc1)C(=O)OC. The summed E-state index contributed by atoms with van der Waals surface area (Å²) in [5.41, 5.74) is 0.777. The lowest BCUT2D eigenvalue weighted by Crippen LogP contribution is -2.44. The Morgan fingerprint density at radius 3 is 2.55 bits per heavy atom. The molecule has 0 saturated carbocycles. The molecule has 0 saturated heterocycles. The standard InChI is InChI=1S/C13H18N2O5/c1-18-8-11(16)15-10(13(17)20-3)6-9-4-5-12(19-2)14-7-9/h4-5,7,10H,6,8H2,1-3H3,(H,15,16)/t10-/m1/s1. The summed E-state index contributed by atoms with van der Waals surface area (Å²) in [6, 6.07) is 2.67. The van der Waals surface area contributed by atoms with Crippen LogP contribution >= 0.6 is 0 Å². The molecule has 7 heteroatoms. The van der Waals surface area contributed by atoms with E-state index in [1.165, 1.54) is 21.3 Å². The molecular formula is C13H18N2O5. The molecule has 0 radical (unpaired) electrons. The number of carbonyl (C=O) groups is 2. The van der Waals surface area contributed by atoms with Crippen LogP contribution in [-0.2, 0) is 25.5 Å². The first-order valence-electron chi connectivity index (χ1n) is 5.95. The predicted molar refractivity (Wildman–Crippen MR) is 70.3 cm³/mol. The molecule has 0 aliphatic heterocycles. The Balaban J connectivity index is 2.72. The van der Waals surface area contributed by atoms with Gasteiger partial charge in [0.1, 0.15) is 12.6 Å². The van der Waals surface area contributed by atoms with Crippen LogP contribution in [0.15, 0.2) is 18.3 Å². The van der Waals surface area contributed by atoms with E-state index in [4.69, 9.17) is 9.47 Å². The highest BCUT2D eigenvalue weighted by atomic mass is 16.5. The first-order valence-corrected chi connectivity index (χ1v) is 5.95. The maximum absolute atomic E-state index is 11.7.